The molecular weight excluding hydrogens is 501 g/mol. The van der Waals surface area contributed by atoms with Crippen LogP contribution < -0.4 is 5.32 Å². The first-order valence-corrected chi connectivity index (χ1v) is 12.1. The molecule has 1 aliphatic heterocycles. The van der Waals surface area contributed by atoms with Gasteiger partial charge in [0.15, 0.2) is 0 Å². The summed E-state index contributed by atoms with van der Waals surface area (Å²) in [7, 11) is 0. The van der Waals surface area contributed by atoms with Crippen molar-refractivity contribution in [1.29, 1.82) is 0 Å². The number of hydrogen-bond donors (Lipinski definition) is 1. The number of nitrogens with one attached hydrogen (secondary N) is 1. The molecule has 0 radical (unpaired) electrons. The summed E-state index contributed by atoms with van der Waals surface area (Å²) >= 11 is 13.7. The van der Waals surface area contributed by atoms with Crippen LogP contribution in [0.15, 0.2) is 40.6 Å². The van der Waals surface area contributed by atoms with E-state index in [1.807, 2.05) is 23.6 Å². The minimum Gasteiger partial charge on any atom is -0.326 e. The summed E-state index contributed by atoms with van der Waals surface area (Å²) in [5.74, 6) is -0.501. The van der Waals surface area contributed by atoms with Gasteiger partial charge in [-0.2, -0.15) is 13.2 Å². The van der Waals surface area contributed by atoms with Gasteiger partial charge in [0.05, 0.1) is 15.5 Å². The molecule has 0 aliphatic carbocycles. The van der Waals surface area contributed by atoms with E-state index in [0.717, 1.165) is 17.0 Å². The van der Waals surface area contributed by atoms with Crippen molar-refractivity contribution in [3.63, 3.8) is 0 Å². The largest absolute Gasteiger partial charge is 0.417 e. The maximum Gasteiger partial charge on any atom is 0.417 e. The summed E-state index contributed by atoms with van der Waals surface area (Å²) in [5, 5.41) is 3.98. The number of benzene rings is 1. The number of anilines is 1. The van der Waals surface area contributed by atoms with Crippen molar-refractivity contribution >= 4 is 74.8 Å². The van der Waals surface area contributed by atoms with E-state index < -0.39 is 16.8 Å². The number of alkyl halides is 3. The van der Waals surface area contributed by atoms with Crippen molar-refractivity contribution in [3.05, 3.63) is 56.1 Å². The monoisotopic (exact) mass is 518 g/mol. The molecule has 2 amide bonds. The number of thiocarbonyl (C=S) groups is 1. The molecule has 1 aliphatic rings. The molecule has 0 saturated carbocycles. The first-order valence-electron chi connectivity index (χ1n) is 9.60. The van der Waals surface area contributed by atoms with E-state index in [2.05, 4.69) is 5.32 Å². The smallest absolute Gasteiger partial charge is 0.326 e. The average Bonchev–Trinajstić information content (AvgIpc) is 3.32. The van der Waals surface area contributed by atoms with Crippen LogP contribution >= 0.6 is 46.9 Å². The Morgan fingerprint density at radius 1 is 1.22 bits per heavy atom. The van der Waals surface area contributed by atoms with E-state index in [1.54, 1.807) is 16.2 Å². The van der Waals surface area contributed by atoms with Gasteiger partial charge in [-0.3, -0.25) is 14.5 Å². The predicted molar refractivity (Wildman–Crippen MR) is 128 cm³/mol. The van der Waals surface area contributed by atoms with Gasteiger partial charge in [-0.05, 0) is 48.6 Å². The lowest BCUT2D eigenvalue weighted by atomic mass is 10.1. The maximum atomic E-state index is 12.9. The summed E-state index contributed by atoms with van der Waals surface area (Å²) in [4.78, 5) is 27.7. The van der Waals surface area contributed by atoms with Crippen LogP contribution in [0.25, 0.3) is 6.08 Å². The number of halogens is 4. The molecule has 0 spiro atoms. The molecule has 4 nitrogen and oxygen atoms in total. The first kappa shape index (κ1) is 24.8. The van der Waals surface area contributed by atoms with E-state index in [0.29, 0.717) is 35.0 Å². The van der Waals surface area contributed by atoms with Crippen LogP contribution in [0.4, 0.5) is 18.9 Å². The van der Waals surface area contributed by atoms with Crippen molar-refractivity contribution in [2.45, 2.75) is 31.9 Å². The molecule has 32 heavy (non-hydrogen) atoms. The summed E-state index contributed by atoms with van der Waals surface area (Å²) in [5.41, 5.74) is -0.949. The van der Waals surface area contributed by atoms with Crippen LogP contribution in [0.2, 0.25) is 5.02 Å². The van der Waals surface area contributed by atoms with E-state index in [9.17, 15) is 22.8 Å². The van der Waals surface area contributed by atoms with Gasteiger partial charge in [-0.1, -0.05) is 48.1 Å². The summed E-state index contributed by atoms with van der Waals surface area (Å²) in [6.45, 7) is 0.459. The van der Waals surface area contributed by atoms with Crippen molar-refractivity contribution in [3.8, 4) is 0 Å². The summed E-state index contributed by atoms with van der Waals surface area (Å²) < 4.78 is 39.3. The zero-order valence-corrected chi connectivity index (χ0v) is 19.8. The quantitative estimate of drug-likeness (QED) is 0.236. The molecule has 2 heterocycles. The maximum absolute atomic E-state index is 12.9. The zero-order chi connectivity index (χ0) is 23.3. The molecule has 11 heteroatoms. The van der Waals surface area contributed by atoms with Gasteiger partial charge in [0.25, 0.3) is 5.91 Å². The number of amides is 2. The fraction of sp³-hybridized carbons (Fsp3) is 0.286. The van der Waals surface area contributed by atoms with Crippen molar-refractivity contribution < 1.29 is 22.8 Å². The standard InChI is InChI=1S/C21H18ClF3N2O2S3/c22-16-8-7-13(11-15(16)21(23,24)25)26-18(28)6-2-1-3-9-27-19(29)17(32-20(27)30)12-14-5-4-10-31-14/h4-5,7-8,10-12H,1-3,6,9H2,(H,26,28)/b17-12+. The second kappa shape index (κ2) is 10.8. The molecule has 1 aromatic carbocycles. The van der Waals surface area contributed by atoms with Gasteiger partial charge in [-0.25, -0.2) is 0 Å². The highest BCUT2D eigenvalue weighted by molar-refractivity contribution is 8.26. The average molecular weight is 519 g/mol. The number of rotatable bonds is 8. The third kappa shape index (κ3) is 6.57. The molecule has 3 rings (SSSR count). The second-order valence-electron chi connectivity index (χ2n) is 6.90. The Bertz CT molecular complexity index is 1040. The Hall–Kier alpha value is -1.88. The van der Waals surface area contributed by atoms with E-state index in [4.69, 9.17) is 23.8 Å². The number of carbonyl (C=O) groups is 2. The fourth-order valence-electron chi connectivity index (χ4n) is 2.97. The van der Waals surface area contributed by atoms with E-state index in [1.165, 1.54) is 17.8 Å². The highest BCUT2D eigenvalue weighted by atomic mass is 35.5. The van der Waals surface area contributed by atoms with Gasteiger partial charge < -0.3 is 5.32 Å². The van der Waals surface area contributed by atoms with Crippen LogP contribution in [0.3, 0.4) is 0 Å². The lowest BCUT2D eigenvalue weighted by Crippen LogP contribution is -2.29. The highest BCUT2D eigenvalue weighted by Gasteiger charge is 2.33. The summed E-state index contributed by atoms with van der Waals surface area (Å²) in [6, 6.07) is 7.09. The number of hydrogen-bond acceptors (Lipinski definition) is 5. The molecule has 1 aromatic heterocycles. The second-order valence-corrected chi connectivity index (χ2v) is 9.96. The number of thiophene rings is 1. The minimum atomic E-state index is -4.59. The lowest BCUT2D eigenvalue weighted by molar-refractivity contribution is -0.137. The molecule has 2 aromatic rings. The third-order valence-corrected chi connectivity index (χ3v) is 7.06. The Balaban J connectivity index is 1.42. The zero-order valence-electron chi connectivity index (χ0n) is 16.6. The van der Waals surface area contributed by atoms with Crippen LogP contribution in [0.1, 0.15) is 36.1 Å². The molecular formula is C21H18ClF3N2O2S3. The van der Waals surface area contributed by atoms with E-state index in [-0.39, 0.29) is 23.9 Å². The molecule has 0 unspecified atom stereocenters. The number of unbranched alkanes of at least 4 members (excludes halogenated alkanes) is 2. The van der Waals surface area contributed by atoms with Crippen molar-refractivity contribution in [2.24, 2.45) is 0 Å². The van der Waals surface area contributed by atoms with Crippen LogP contribution in [0, 0.1) is 0 Å². The molecule has 1 saturated heterocycles. The summed E-state index contributed by atoms with van der Waals surface area (Å²) in [6.07, 6.45) is -0.752. The van der Waals surface area contributed by atoms with Gasteiger partial charge in [0.2, 0.25) is 5.91 Å². The number of thioether (sulfide) groups is 1. The fourth-order valence-corrected chi connectivity index (χ4v) is 5.23. The van der Waals surface area contributed by atoms with Crippen molar-refractivity contribution in [1.82, 2.24) is 4.90 Å². The third-order valence-electron chi connectivity index (χ3n) is 4.53. The molecule has 1 fully saturated rings. The van der Waals surface area contributed by atoms with Gasteiger partial charge >= 0.3 is 6.18 Å². The number of carbonyl (C=O) groups excluding carboxylic acids is 2. The van der Waals surface area contributed by atoms with Crippen LogP contribution in [-0.2, 0) is 15.8 Å². The molecule has 0 atom stereocenters. The minimum absolute atomic E-state index is 0.0434. The van der Waals surface area contributed by atoms with Crippen LogP contribution in [-0.4, -0.2) is 27.6 Å². The van der Waals surface area contributed by atoms with Gasteiger partial charge in [0, 0.05) is 23.5 Å². The molecule has 170 valence electrons. The SMILES string of the molecule is O=C(CCCCCN1C(=O)/C(=C\c2cccs2)SC1=S)Nc1ccc(Cl)c(C(F)(F)F)c1. The van der Waals surface area contributed by atoms with E-state index >= 15 is 0 Å². The van der Waals surface area contributed by atoms with Gasteiger partial charge in [0.1, 0.15) is 4.32 Å². The highest BCUT2D eigenvalue weighted by Crippen LogP contribution is 2.36. The predicted octanol–water partition coefficient (Wildman–Crippen LogP) is 6.82. The van der Waals surface area contributed by atoms with Gasteiger partial charge in [-0.15, -0.1) is 11.3 Å². The molecule has 1 N–H and O–H groups in total. The van der Waals surface area contributed by atoms with Crippen LogP contribution in [0.5, 0.6) is 0 Å². The molecule has 0 bridgehead atoms. The Morgan fingerprint density at radius 3 is 2.69 bits per heavy atom. The normalized spacial score (nSPS) is 15.6. The Morgan fingerprint density at radius 2 is 2.00 bits per heavy atom. The first-order chi connectivity index (χ1) is 15.1. The topological polar surface area (TPSA) is 49.4 Å². The Kier molecular flexibility index (Phi) is 8.37. The van der Waals surface area contributed by atoms with Crippen molar-refractivity contribution in [2.75, 3.05) is 11.9 Å². The Labute approximate surface area is 201 Å². The lowest BCUT2D eigenvalue weighted by Gasteiger charge is -2.14. The number of nitrogens with zero attached hydrogens (tertiary/aromatic N) is 1.